The molecule has 6 heteroatoms. The first kappa shape index (κ1) is 20.7. The van der Waals surface area contributed by atoms with Gasteiger partial charge in [0.25, 0.3) is 0 Å². The van der Waals surface area contributed by atoms with Gasteiger partial charge in [-0.2, -0.15) is 0 Å². The minimum absolute atomic E-state index is 0.0904. The molecule has 0 bridgehead atoms. The summed E-state index contributed by atoms with van der Waals surface area (Å²) in [6.45, 7) is 11.0. The molecule has 4 fully saturated rings. The predicted octanol–water partition coefficient (Wildman–Crippen LogP) is 2.75. The molecule has 1 saturated carbocycles. The van der Waals surface area contributed by atoms with Gasteiger partial charge >= 0.3 is 7.12 Å². The van der Waals surface area contributed by atoms with Gasteiger partial charge in [-0.25, -0.2) is 0 Å². The molecule has 1 unspecified atom stereocenters. The van der Waals surface area contributed by atoms with Gasteiger partial charge in [0.2, 0.25) is 0 Å². The number of piperidine rings is 1. The standard InChI is InChI=1S/C24H34BNO4/c1-21(2)22(3,4)30-25(29-21)18-9-7-17(8-10-18)24(20(27)19-6-5-15-28-19)16-23(24)11-13-26-14-12-23/h7-10,19,26H,5-6,11-16H2,1-4H3/t19-,24?/m1/s1. The van der Waals surface area contributed by atoms with Crippen molar-refractivity contribution in [2.24, 2.45) is 5.41 Å². The highest BCUT2D eigenvalue weighted by Crippen LogP contribution is 2.70. The van der Waals surface area contributed by atoms with Crippen LogP contribution in [-0.4, -0.2) is 49.9 Å². The van der Waals surface area contributed by atoms with Crippen molar-refractivity contribution in [1.82, 2.24) is 5.32 Å². The lowest BCUT2D eigenvalue weighted by atomic mass is 9.74. The van der Waals surface area contributed by atoms with Crippen LogP contribution in [0.1, 0.15) is 65.4 Å². The molecule has 3 aliphatic heterocycles. The van der Waals surface area contributed by atoms with E-state index in [1.165, 1.54) is 0 Å². The number of benzene rings is 1. The molecule has 3 saturated heterocycles. The van der Waals surface area contributed by atoms with Crippen molar-refractivity contribution in [3.05, 3.63) is 29.8 Å². The van der Waals surface area contributed by atoms with E-state index in [1.54, 1.807) is 0 Å². The molecule has 1 N–H and O–H groups in total. The molecule has 30 heavy (non-hydrogen) atoms. The number of ether oxygens (including phenoxy) is 1. The van der Waals surface area contributed by atoms with Crippen LogP contribution in [0, 0.1) is 5.41 Å². The predicted molar refractivity (Wildman–Crippen MR) is 117 cm³/mol. The van der Waals surface area contributed by atoms with Crippen LogP contribution >= 0.6 is 0 Å². The lowest BCUT2D eigenvalue weighted by Crippen LogP contribution is -2.41. The smallest absolute Gasteiger partial charge is 0.399 e. The van der Waals surface area contributed by atoms with E-state index in [2.05, 4.69) is 57.3 Å². The maximum Gasteiger partial charge on any atom is 0.494 e. The summed E-state index contributed by atoms with van der Waals surface area (Å²) in [7, 11) is -0.374. The van der Waals surface area contributed by atoms with Crippen molar-refractivity contribution in [2.45, 2.75) is 82.5 Å². The van der Waals surface area contributed by atoms with Gasteiger partial charge in [-0.1, -0.05) is 24.3 Å². The quantitative estimate of drug-likeness (QED) is 0.773. The SMILES string of the molecule is CC1(C)OB(c2ccc(C3(C(=O)[C@H]4CCCO4)CC34CCNCC4)cc2)OC1(C)C. The van der Waals surface area contributed by atoms with Crippen molar-refractivity contribution in [3.63, 3.8) is 0 Å². The van der Waals surface area contributed by atoms with Crippen molar-refractivity contribution < 1.29 is 18.8 Å². The van der Waals surface area contributed by atoms with E-state index >= 15 is 0 Å². The van der Waals surface area contributed by atoms with Gasteiger partial charge in [0.1, 0.15) is 6.10 Å². The second kappa shape index (κ2) is 6.90. The first-order valence-electron chi connectivity index (χ1n) is 11.5. The lowest BCUT2D eigenvalue weighted by Gasteiger charge is -2.32. The molecule has 5 nitrogen and oxygen atoms in total. The summed E-state index contributed by atoms with van der Waals surface area (Å²) in [5, 5.41) is 3.46. The van der Waals surface area contributed by atoms with Crippen molar-refractivity contribution in [1.29, 1.82) is 0 Å². The summed E-state index contributed by atoms with van der Waals surface area (Å²) in [5.74, 6) is 0.310. The third kappa shape index (κ3) is 2.95. The van der Waals surface area contributed by atoms with E-state index in [0.29, 0.717) is 12.4 Å². The Hall–Kier alpha value is -1.21. The monoisotopic (exact) mass is 411 g/mol. The molecule has 0 amide bonds. The Balaban J connectivity index is 1.44. The van der Waals surface area contributed by atoms with Crippen LogP contribution in [-0.2, 0) is 24.3 Å². The molecule has 0 aromatic heterocycles. The molecule has 3 heterocycles. The zero-order chi connectivity index (χ0) is 21.2. The zero-order valence-corrected chi connectivity index (χ0v) is 18.8. The van der Waals surface area contributed by atoms with E-state index in [0.717, 1.165) is 56.2 Å². The molecular formula is C24H34BNO4. The second-order valence-electron chi connectivity index (χ2n) is 10.7. The largest absolute Gasteiger partial charge is 0.494 e. The van der Waals surface area contributed by atoms with E-state index in [1.807, 2.05) is 0 Å². The molecule has 0 radical (unpaired) electrons. The van der Waals surface area contributed by atoms with Crippen LogP contribution in [0.5, 0.6) is 0 Å². The fourth-order valence-electron chi connectivity index (χ4n) is 5.83. The van der Waals surface area contributed by atoms with Crippen molar-refractivity contribution in [2.75, 3.05) is 19.7 Å². The fraction of sp³-hybridized carbons (Fsp3) is 0.708. The maximum atomic E-state index is 13.7. The zero-order valence-electron chi connectivity index (χ0n) is 18.8. The summed E-state index contributed by atoms with van der Waals surface area (Å²) >= 11 is 0. The third-order valence-corrected chi connectivity index (χ3v) is 8.52. The molecular weight excluding hydrogens is 377 g/mol. The first-order valence-corrected chi connectivity index (χ1v) is 11.5. The molecule has 1 aromatic rings. The van der Waals surface area contributed by atoms with Crippen LogP contribution in [0.4, 0.5) is 0 Å². The Labute approximate surface area is 180 Å². The minimum Gasteiger partial charge on any atom is -0.399 e. The Morgan fingerprint density at radius 1 is 1.03 bits per heavy atom. The van der Waals surface area contributed by atoms with Crippen LogP contribution in [0.3, 0.4) is 0 Å². The van der Waals surface area contributed by atoms with Gasteiger partial charge in [0.15, 0.2) is 5.78 Å². The number of ketones is 1. The number of carbonyl (C=O) groups is 1. The Kier molecular flexibility index (Phi) is 4.75. The average Bonchev–Trinajstić information content (AvgIpc) is 3.03. The fourth-order valence-corrected chi connectivity index (χ4v) is 5.83. The second-order valence-corrected chi connectivity index (χ2v) is 10.7. The number of hydrogen-bond donors (Lipinski definition) is 1. The molecule has 1 spiro atoms. The van der Waals surface area contributed by atoms with Crippen molar-refractivity contribution in [3.8, 4) is 0 Å². The van der Waals surface area contributed by atoms with Crippen molar-refractivity contribution >= 4 is 18.4 Å². The minimum atomic E-state index is -0.390. The topological polar surface area (TPSA) is 56.8 Å². The molecule has 4 aliphatic rings. The molecule has 5 rings (SSSR count). The van der Waals surface area contributed by atoms with Gasteiger partial charge in [-0.3, -0.25) is 4.79 Å². The van der Waals surface area contributed by atoms with E-state index < -0.39 is 5.41 Å². The van der Waals surface area contributed by atoms with E-state index in [-0.39, 0.29) is 29.8 Å². The summed E-state index contributed by atoms with van der Waals surface area (Å²) < 4.78 is 18.3. The number of nitrogens with one attached hydrogen (secondary N) is 1. The van der Waals surface area contributed by atoms with E-state index in [9.17, 15) is 4.79 Å². The Morgan fingerprint density at radius 3 is 2.23 bits per heavy atom. The average molecular weight is 411 g/mol. The van der Waals surface area contributed by atoms with Crippen LogP contribution in [0.15, 0.2) is 24.3 Å². The number of Topliss-reactive ketones (excluding diaryl/α,β-unsaturated/α-hetero) is 1. The Morgan fingerprint density at radius 2 is 1.67 bits per heavy atom. The van der Waals surface area contributed by atoms with Gasteiger partial charge in [-0.15, -0.1) is 0 Å². The van der Waals surface area contributed by atoms with Gasteiger partial charge < -0.3 is 19.4 Å². The van der Waals surface area contributed by atoms with Gasteiger partial charge in [0.05, 0.1) is 16.6 Å². The third-order valence-electron chi connectivity index (χ3n) is 8.52. The first-order chi connectivity index (χ1) is 14.2. The van der Waals surface area contributed by atoms with Crippen LogP contribution in [0.2, 0.25) is 0 Å². The normalized spacial score (nSPS) is 33.7. The Bertz CT molecular complexity index is 808. The molecule has 2 atom stereocenters. The lowest BCUT2D eigenvalue weighted by molar-refractivity contribution is -0.131. The number of carbonyl (C=O) groups excluding carboxylic acids is 1. The summed E-state index contributed by atoms with van der Waals surface area (Å²) in [5.41, 5.74) is 1.14. The van der Waals surface area contributed by atoms with E-state index in [4.69, 9.17) is 14.0 Å². The summed E-state index contributed by atoms with van der Waals surface area (Å²) in [6, 6.07) is 8.47. The molecule has 162 valence electrons. The van der Waals surface area contributed by atoms with Gasteiger partial charge in [-0.05, 0) is 89.3 Å². The van der Waals surface area contributed by atoms with Crippen LogP contribution in [0.25, 0.3) is 0 Å². The maximum absolute atomic E-state index is 13.7. The molecule has 1 aromatic carbocycles. The van der Waals surface area contributed by atoms with Gasteiger partial charge in [0, 0.05) is 6.61 Å². The summed E-state index contributed by atoms with van der Waals surface area (Å²) in [6.07, 6.45) is 4.69. The molecule has 1 aliphatic carbocycles. The highest BCUT2D eigenvalue weighted by molar-refractivity contribution is 6.62. The highest BCUT2D eigenvalue weighted by atomic mass is 16.7. The highest BCUT2D eigenvalue weighted by Gasteiger charge is 2.72. The number of rotatable bonds is 4. The van der Waals surface area contributed by atoms with Crippen LogP contribution < -0.4 is 10.8 Å². The summed E-state index contributed by atoms with van der Waals surface area (Å²) in [4.78, 5) is 13.7. The number of hydrogen-bond acceptors (Lipinski definition) is 5.